The average molecular weight is 263 g/mol. The van der Waals surface area contributed by atoms with Gasteiger partial charge in [0.1, 0.15) is 0 Å². The third kappa shape index (κ3) is 3.51. The Labute approximate surface area is 111 Å². The summed E-state index contributed by atoms with van der Waals surface area (Å²) in [5, 5.41) is 13.7. The number of nitro benzene ring substituents is 1. The van der Waals surface area contributed by atoms with Crippen LogP contribution in [0, 0.1) is 16.0 Å². The van der Waals surface area contributed by atoms with Crippen LogP contribution in [0.5, 0.6) is 0 Å². The number of hydrogen-bond acceptors (Lipinski definition) is 4. The zero-order valence-electron chi connectivity index (χ0n) is 10.5. The molecule has 1 saturated carbocycles. The van der Waals surface area contributed by atoms with Gasteiger partial charge < -0.3 is 11.1 Å². The van der Waals surface area contributed by atoms with E-state index < -0.39 is 4.92 Å². The van der Waals surface area contributed by atoms with Gasteiger partial charge in [-0.2, -0.15) is 0 Å². The normalized spacial score (nSPS) is 15.8. The van der Waals surface area contributed by atoms with Crippen LogP contribution >= 0.6 is 0 Å². The minimum absolute atomic E-state index is 0.00438. The van der Waals surface area contributed by atoms with Gasteiger partial charge in [0.15, 0.2) is 0 Å². The number of nitrogens with zero attached hydrogens (tertiary/aromatic N) is 1. The minimum atomic E-state index is -0.468. The summed E-state index contributed by atoms with van der Waals surface area (Å²) in [6.45, 7) is 0.410. The Bertz CT molecular complexity index is 486. The number of rotatable bonds is 6. The number of nitrogens with two attached hydrogens (primary N) is 1. The van der Waals surface area contributed by atoms with Crippen molar-refractivity contribution in [2.45, 2.75) is 25.3 Å². The Kier molecular flexibility index (Phi) is 4.11. The van der Waals surface area contributed by atoms with E-state index in [0.717, 1.165) is 12.8 Å². The maximum absolute atomic E-state index is 11.9. The molecule has 2 rings (SSSR count). The highest BCUT2D eigenvalue weighted by molar-refractivity contribution is 5.80. The fraction of sp³-hybridized carbons (Fsp3) is 0.462. The van der Waals surface area contributed by atoms with Crippen molar-refractivity contribution in [2.24, 2.45) is 11.7 Å². The third-order valence-electron chi connectivity index (χ3n) is 3.33. The molecule has 1 amide bonds. The fourth-order valence-electron chi connectivity index (χ4n) is 2.14. The highest BCUT2D eigenvalue weighted by Crippen LogP contribution is 2.32. The summed E-state index contributed by atoms with van der Waals surface area (Å²) in [5.74, 6) is 0.261. The molecule has 1 aromatic carbocycles. The second-order valence-electron chi connectivity index (χ2n) is 4.81. The predicted molar refractivity (Wildman–Crippen MR) is 70.5 cm³/mol. The van der Waals surface area contributed by atoms with E-state index in [9.17, 15) is 14.9 Å². The summed E-state index contributed by atoms with van der Waals surface area (Å²) >= 11 is 0. The summed E-state index contributed by atoms with van der Waals surface area (Å²) in [5.41, 5.74) is 6.02. The summed E-state index contributed by atoms with van der Waals surface area (Å²) in [7, 11) is 0. The standard InChI is InChI=1S/C13H17N3O3/c14-8-11(9-5-6-9)15-13(17)7-10-3-1-2-4-12(10)16(18)19/h1-4,9,11H,5-8,14H2,(H,15,17). The minimum Gasteiger partial charge on any atom is -0.352 e. The van der Waals surface area contributed by atoms with Crippen LogP contribution in [0.15, 0.2) is 24.3 Å². The molecular weight excluding hydrogens is 246 g/mol. The molecule has 0 spiro atoms. The highest BCUT2D eigenvalue weighted by atomic mass is 16.6. The molecule has 0 saturated heterocycles. The first-order valence-corrected chi connectivity index (χ1v) is 6.33. The molecule has 1 aromatic rings. The summed E-state index contributed by atoms with van der Waals surface area (Å²) in [4.78, 5) is 22.3. The molecule has 1 aliphatic rings. The van der Waals surface area contributed by atoms with Gasteiger partial charge >= 0.3 is 0 Å². The van der Waals surface area contributed by atoms with Gasteiger partial charge in [-0.3, -0.25) is 14.9 Å². The Hall–Kier alpha value is -1.95. The van der Waals surface area contributed by atoms with E-state index in [1.807, 2.05) is 0 Å². The Morgan fingerprint density at radius 1 is 1.47 bits per heavy atom. The van der Waals surface area contributed by atoms with E-state index in [2.05, 4.69) is 5.32 Å². The molecule has 0 radical (unpaired) electrons. The van der Waals surface area contributed by atoms with Crippen molar-refractivity contribution >= 4 is 11.6 Å². The Morgan fingerprint density at radius 3 is 2.74 bits per heavy atom. The fourth-order valence-corrected chi connectivity index (χ4v) is 2.14. The smallest absolute Gasteiger partial charge is 0.273 e. The van der Waals surface area contributed by atoms with E-state index >= 15 is 0 Å². The van der Waals surface area contributed by atoms with Gasteiger partial charge in [-0.25, -0.2) is 0 Å². The summed E-state index contributed by atoms with van der Waals surface area (Å²) < 4.78 is 0. The Balaban J connectivity index is 2.00. The van der Waals surface area contributed by atoms with Crippen LogP contribution in [0.1, 0.15) is 18.4 Å². The van der Waals surface area contributed by atoms with E-state index in [4.69, 9.17) is 5.73 Å². The molecule has 1 aliphatic carbocycles. The van der Waals surface area contributed by atoms with E-state index in [0.29, 0.717) is 18.0 Å². The number of carbonyl (C=O) groups is 1. The number of hydrogen-bond donors (Lipinski definition) is 2. The largest absolute Gasteiger partial charge is 0.352 e. The lowest BCUT2D eigenvalue weighted by Gasteiger charge is -2.15. The first-order valence-electron chi connectivity index (χ1n) is 6.33. The van der Waals surface area contributed by atoms with Crippen molar-refractivity contribution < 1.29 is 9.72 Å². The molecule has 0 bridgehead atoms. The van der Waals surface area contributed by atoms with Crippen LogP contribution < -0.4 is 11.1 Å². The Morgan fingerprint density at radius 2 is 2.16 bits per heavy atom. The molecule has 3 N–H and O–H groups in total. The zero-order valence-corrected chi connectivity index (χ0v) is 10.5. The van der Waals surface area contributed by atoms with Crippen molar-refractivity contribution in [1.82, 2.24) is 5.32 Å². The molecule has 1 unspecified atom stereocenters. The molecule has 0 aliphatic heterocycles. The monoisotopic (exact) mass is 263 g/mol. The van der Waals surface area contributed by atoms with Crippen LogP contribution in [0.25, 0.3) is 0 Å². The van der Waals surface area contributed by atoms with Crippen molar-refractivity contribution in [3.05, 3.63) is 39.9 Å². The summed E-state index contributed by atoms with van der Waals surface area (Å²) in [6, 6.07) is 6.29. The first kappa shape index (κ1) is 13.5. The van der Waals surface area contributed by atoms with Gasteiger partial charge in [-0.1, -0.05) is 18.2 Å². The first-order chi connectivity index (χ1) is 9.11. The number of nitrogens with one attached hydrogen (secondary N) is 1. The van der Waals surface area contributed by atoms with Crippen molar-refractivity contribution in [2.75, 3.05) is 6.54 Å². The molecule has 1 fully saturated rings. The lowest BCUT2D eigenvalue weighted by atomic mass is 10.1. The molecule has 1 atom stereocenters. The van der Waals surface area contributed by atoms with Crippen LogP contribution in [-0.4, -0.2) is 23.4 Å². The van der Waals surface area contributed by atoms with E-state index in [1.165, 1.54) is 6.07 Å². The van der Waals surface area contributed by atoms with Crippen LogP contribution in [0.4, 0.5) is 5.69 Å². The van der Waals surface area contributed by atoms with Crippen LogP contribution in [0.2, 0.25) is 0 Å². The van der Waals surface area contributed by atoms with Gasteiger partial charge in [0.05, 0.1) is 11.3 Å². The van der Waals surface area contributed by atoms with E-state index in [1.54, 1.807) is 18.2 Å². The predicted octanol–water partition coefficient (Wildman–Crippen LogP) is 0.991. The molecule has 6 heteroatoms. The van der Waals surface area contributed by atoms with Gasteiger partial charge in [0, 0.05) is 24.2 Å². The lowest BCUT2D eigenvalue weighted by Crippen LogP contribution is -2.42. The van der Waals surface area contributed by atoms with Crippen LogP contribution in [-0.2, 0) is 11.2 Å². The highest BCUT2D eigenvalue weighted by Gasteiger charge is 2.31. The van der Waals surface area contributed by atoms with E-state index in [-0.39, 0.29) is 24.1 Å². The number of para-hydroxylation sites is 1. The van der Waals surface area contributed by atoms with Gasteiger partial charge in [-0.05, 0) is 18.8 Å². The van der Waals surface area contributed by atoms with Gasteiger partial charge in [-0.15, -0.1) is 0 Å². The second kappa shape index (κ2) is 5.79. The van der Waals surface area contributed by atoms with Crippen molar-refractivity contribution in [1.29, 1.82) is 0 Å². The third-order valence-corrected chi connectivity index (χ3v) is 3.33. The number of nitro groups is 1. The number of benzene rings is 1. The van der Waals surface area contributed by atoms with Gasteiger partial charge in [0.25, 0.3) is 5.69 Å². The SMILES string of the molecule is NCC(NC(=O)Cc1ccccc1[N+](=O)[O-])C1CC1. The second-order valence-corrected chi connectivity index (χ2v) is 4.81. The lowest BCUT2D eigenvalue weighted by molar-refractivity contribution is -0.385. The molecule has 19 heavy (non-hydrogen) atoms. The molecular formula is C13H17N3O3. The maximum atomic E-state index is 11.9. The molecule has 0 aromatic heterocycles. The van der Waals surface area contributed by atoms with Crippen LogP contribution in [0.3, 0.4) is 0 Å². The summed E-state index contributed by atoms with van der Waals surface area (Å²) in [6.07, 6.45) is 2.20. The number of amides is 1. The average Bonchev–Trinajstić information content (AvgIpc) is 3.20. The maximum Gasteiger partial charge on any atom is 0.273 e. The molecule has 6 nitrogen and oxygen atoms in total. The zero-order chi connectivity index (χ0) is 13.8. The topological polar surface area (TPSA) is 98.3 Å². The van der Waals surface area contributed by atoms with Gasteiger partial charge in [0.2, 0.25) is 5.91 Å². The molecule has 102 valence electrons. The molecule has 0 heterocycles. The number of carbonyl (C=O) groups excluding carboxylic acids is 1. The van der Waals surface area contributed by atoms with Crippen molar-refractivity contribution in [3.8, 4) is 0 Å². The quantitative estimate of drug-likeness (QED) is 0.590. The van der Waals surface area contributed by atoms with Crippen molar-refractivity contribution in [3.63, 3.8) is 0 Å².